The van der Waals surface area contributed by atoms with E-state index in [9.17, 15) is 13.2 Å². The standard InChI is InChI=1S/C11H7Br2F3O/c12-7-8(13)10-6-3-4(11(14,15)16)1-2-5(6)9(7)17-10/h1-3,7-10H/t7-,8+,9+,10-/m0/s1. The van der Waals surface area contributed by atoms with Crippen molar-refractivity contribution in [3.63, 3.8) is 0 Å². The Morgan fingerprint density at radius 2 is 1.59 bits per heavy atom. The summed E-state index contributed by atoms with van der Waals surface area (Å²) < 4.78 is 43.5. The van der Waals surface area contributed by atoms with Gasteiger partial charge in [-0.2, -0.15) is 13.2 Å². The molecule has 0 radical (unpaired) electrons. The third-order valence-electron chi connectivity index (χ3n) is 3.20. The van der Waals surface area contributed by atoms with Crippen molar-refractivity contribution in [2.45, 2.75) is 28.0 Å². The lowest BCUT2D eigenvalue weighted by Crippen LogP contribution is -2.22. The van der Waals surface area contributed by atoms with Gasteiger partial charge in [0.05, 0.1) is 27.4 Å². The zero-order valence-corrected chi connectivity index (χ0v) is 11.5. The lowest BCUT2D eigenvalue weighted by molar-refractivity contribution is -0.137. The van der Waals surface area contributed by atoms with E-state index in [1.165, 1.54) is 12.1 Å². The highest BCUT2D eigenvalue weighted by Crippen LogP contribution is 2.56. The fourth-order valence-corrected chi connectivity index (χ4v) is 3.76. The van der Waals surface area contributed by atoms with Gasteiger partial charge in [-0.15, -0.1) is 0 Å². The molecule has 1 aromatic rings. The topological polar surface area (TPSA) is 9.23 Å². The van der Waals surface area contributed by atoms with Crippen molar-refractivity contribution in [1.29, 1.82) is 0 Å². The molecular formula is C11H7Br2F3O. The molecule has 0 aromatic heterocycles. The number of alkyl halides is 5. The van der Waals surface area contributed by atoms with Gasteiger partial charge < -0.3 is 4.74 Å². The molecule has 3 rings (SSSR count). The van der Waals surface area contributed by atoms with E-state index in [2.05, 4.69) is 31.9 Å². The van der Waals surface area contributed by atoms with Crippen molar-refractivity contribution < 1.29 is 17.9 Å². The number of hydrogen-bond donors (Lipinski definition) is 0. The number of ether oxygens (including phenoxy) is 1. The Hall–Kier alpha value is -0.0700. The highest BCUT2D eigenvalue weighted by atomic mass is 79.9. The third kappa shape index (κ3) is 1.68. The van der Waals surface area contributed by atoms with Gasteiger partial charge in [0, 0.05) is 0 Å². The van der Waals surface area contributed by atoms with E-state index in [4.69, 9.17) is 4.74 Å². The van der Waals surface area contributed by atoms with E-state index in [0.29, 0.717) is 5.56 Å². The average molecular weight is 372 g/mol. The van der Waals surface area contributed by atoms with E-state index in [0.717, 1.165) is 11.6 Å². The molecule has 0 saturated carbocycles. The molecule has 0 aliphatic carbocycles. The van der Waals surface area contributed by atoms with E-state index in [1.54, 1.807) is 0 Å². The maximum Gasteiger partial charge on any atom is 0.416 e. The molecule has 0 amide bonds. The second-order valence-electron chi connectivity index (χ2n) is 4.21. The molecule has 0 spiro atoms. The summed E-state index contributed by atoms with van der Waals surface area (Å²) in [6.45, 7) is 0. The molecule has 17 heavy (non-hydrogen) atoms. The highest BCUT2D eigenvalue weighted by Gasteiger charge is 2.51. The molecule has 6 heteroatoms. The Morgan fingerprint density at radius 1 is 1.00 bits per heavy atom. The molecule has 2 aliphatic rings. The molecule has 1 nitrogen and oxygen atoms in total. The molecule has 2 aliphatic heterocycles. The first-order chi connectivity index (χ1) is 7.89. The van der Waals surface area contributed by atoms with Crippen molar-refractivity contribution in [1.82, 2.24) is 0 Å². The van der Waals surface area contributed by atoms with Crippen LogP contribution in [0.3, 0.4) is 0 Å². The predicted molar refractivity (Wildman–Crippen MR) is 63.4 cm³/mol. The van der Waals surface area contributed by atoms with Gasteiger partial charge in [0.1, 0.15) is 0 Å². The van der Waals surface area contributed by atoms with Gasteiger partial charge in [-0.25, -0.2) is 0 Å². The van der Waals surface area contributed by atoms with E-state index >= 15 is 0 Å². The van der Waals surface area contributed by atoms with Crippen LogP contribution in [0.2, 0.25) is 0 Å². The van der Waals surface area contributed by atoms with Gasteiger partial charge >= 0.3 is 6.18 Å². The van der Waals surface area contributed by atoms with Gasteiger partial charge in [-0.05, 0) is 23.3 Å². The summed E-state index contributed by atoms with van der Waals surface area (Å²) in [5.41, 5.74) is 0.904. The first kappa shape index (κ1) is 12.0. The van der Waals surface area contributed by atoms with Crippen molar-refractivity contribution in [3.8, 4) is 0 Å². The molecule has 2 bridgehead atoms. The summed E-state index contributed by atoms with van der Waals surface area (Å²) in [5.74, 6) is 0. The SMILES string of the molecule is FC(F)(F)c1ccc2c(c1)[C@@H]1O[C@H]2[C@@H](Br)[C@H]1Br. The third-order valence-corrected chi connectivity index (χ3v) is 6.01. The van der Waals surface area contributed by atoms with Crippen LogP contribution in [0.4, 0.5) is 13.2 Å². The first-order valence-electron chi connectivity index (χ1n) is 5.04. The molecule has 92 valence electrons. The predicted octanol–water partition coefficient (Wildman–Crippen LogP) is 4.36. The Balaban J connectivity index is 2.08. The van der Waals surface area contributed by atoms with Crippen LogP contribution in [0.1, 0.15) is 28.9 Å². The normalized spacial score (nSPS) is 35.1. The number of benzene rings is 1. The molecular weight excluding hydrogens is 365 g/mol. The first-order valence-corrected chi connectivity index (χ1v) is 6.87. The summed E-state index contributed by atoms with van der Waals surface area (Å²) in [4.78, 5) is 0.125. The minimum Gasteiger partial charge on any atom is -0.363 e. The number of hydrogen-bond acceptors (Lipinski definition) is 1. The minimum atomic E-state index is -4.30. The van der Waals surface area contributed by atoms with Gasteiger partial charge in [0.15, 0.2) is 0 Å². The second kappa shape index (κ2) is 3.71. The fourth-order valence-electron chi connectivity index (χ4n) is 2.39. The quantitative estimate of drug-likeness (QED) is 0.616. The summed E-state index contributed by atoms with van der Waals surface area (Å²) in [5, 5.41) is 0. The van der Waals surface area contributed by atoms with Gasteiger partial charge in [0.25, 0.3) is 0 Å². The van der Waals surface area contributed by atoms with Crippen molar-refractivity contribution in [2.24, 2.45) is 0 Å². The maximum atomic E-state index is 12.6. The second-order valence-corrected chi connectivity index (χ2v) is 6.32. The van der Waals surface area contributed by atoms with Gasteiger partial charge in [-0.3, -0.25) is 0 Å². The van der Waals surface area contributed by atoms with E-state index in [-0.39, 0.29) is 21.9 Å². The van der Waals surface area contributed by atoms with Gasteiger partial charge in [0.2, 0.25) is 0 Å². The van der Waals surface area contributed by atoms with Crippen LogP contribution < -0.4 is 0 Å². The average Bonchev–Trinajstić information content (AvgIpc) is 2.76. The summed E-state index contributed by atoms with van der Waals surface area (Å²) in [6.07, 6.45) is -4.74. The zero-order chi connectivity index (χ0) is 12.4. The van der Waals surface area contributed by atoms with Crippen LogP contribution in [0.15, 0.2) is 18.2 Å². The van der Waals surface area contributed by atoms with Crippen LogP contribution in [0.25, 0.3) is 0 Å². The van der Waals surface area contributed by atoms with Crippen LogP contribution in [-0.4, -0.2) is 9.65 Å². The number of fused-ring (bicyclic) bond motifs is 5. The Morgan fingerprint density at radius 3 is 2.18 bits per heavy atom. The van der Waals surface area contributed by atoms with Crippen molar-refractivity contribution in [3.05, 3.63) is 34.9 Å². The molecule has 2 heterocycles. The van der Waals surface area contributed by atoms with Gasteiger partial charge in [-0.1, -0.05) is 37.9 Å². The summed E-state index contributed by atoms with van der Waals surface area (Å²) >= 11 is 6.95. The monoisotopic (exact) mass is 370 g/mol. The Bertz CT molecular complexity index is 474. The molecule has 0 N–H and O–H groups in total. The lowest BCUT2D eigenvalue weighted by Gasteiger charge is -2.22. The lowest BCUT2D eigenvalue weighted by atomic mass is 9.90. The van der Waals surface area contributed by atoms with E-state index in [1.807, 2.05) is 0 Å². The fraction of sp³-hybridized carbons (Fsp3) is 0.455. The van der Waals surface area contributed by atoms with Crippen molar-refractivity contribution in [2.75, 3.05) is 0 Å². The summed E-state index contributed by atoms with van der Waals surface area (Å²) in [6, 6.07) is 3.84. The van der Waals surface area contributed by atoms with Crippen molar-refractivity contribution >= 4 is 31.9 Å². The number of rotatable bonds is 0. The van der Waals surface area contributed by atoms with Crippen LogP contribution in [-0.2, 0) is 10.9 Å². The molecule has 0 unspecified atom stereocenters. The minimum absolute atomic E-state index is 0.0171. The molecule has 4 atom stereocenters. The van der Waals surface area contributed by atoms with E-state index < -0.39 is 11.7 Å². The largest absolute Gasteiger partial charge is 0.416 e. The number of halogens is 5. The van der Waals surface area contributed by atoms with Crippen LogP contribution >= 0.6 is 31.9 Å². The van der Waals surface area contributed by atoms with Crippen LogP contribution in [0.5, 0.6) is 0 Å². The maximum absolute atomic E-state index is 12.6. The Labute approximate surface area is 113 Å². The molecule has 1 fully saturated rings. The van der Waals surface area contributed by atoms with Crippen LogP contribution in [0, 0.1) is 0 Å². The molecule has 1 aromatic carbocycles. The zero-order valence-electron chi connectivity index (χ0n) is 8.34. The molecule has 1 saturated heterocycles. The smallest absolute Gasteiger partial charge is 0.363 e. The summed E-state index contributed by atoms with van der Waals surface area (Å²) in [7, 11) is 0. The Kier molecular flexibility index (Phi) is 2.62. The highest BCUT2D eigenvalue weighted by molar-refractivity contribution is 9.12.